The minimum absolute atomic E-state index is 0.0508. The van der Waals surface area contributed by atoms with E-state index in [0.29, 0.717) is 13.0 Å². The largest absolute Gasteiger partial charge is 0.365 e. The molecule has 1 amide bonds. The van der Waals surface area contributed by atoms with Gasteiger partial charge in [0.05, 0.1) is 6.61 Å². The Labute approximate surface area is 184 Å². The van der Waals surface area contributed by atoms with Crippen LogP contribution in [-0.2, 0) is 16.1 Å². The highest BCUT2D eigenvalue weighted by Crippen LogP contribution is 2.27. The van der Waals surface area contributed by atoms with Crippen LogP contribution in [-0.4, -0.2) is 38.3 Å². The Bertz CT molecular complexity index is 892. The van der Waals surface area contributed by atoms with Crippen LogP contribution in [0.1, 0.15) is 29.0 Å². The molecule has 3 aromatic carbocycles. The summed E-state index contributed by atoms with van der Waals surface area (Å²) >= 11 is 0. The fourth-order valence-corrected chi connectivity index (χ4v) is 4.31. The molecule has 1 fully saturated rings. The third-order valence-electron chi connectivity index (χ3n) is 5.94. The summed E-state index contributed by atoms with van der Waals surface area (Å²) < 4.78 is 5.94. The average molecular weight is 416 g/mol. The highest BCUT2D eigenvalue weighted by atomic mass is 16.5. The summed E-state index contributed by atoms with van der Waals surface area (Å²) in [5.74, 6) is 0.117. The maximum atomic E-state index is 12.8. The third kappa shape index (κ3) is 6.27. The Morgan fingerprint density at radius 3 is 2.10 bits per heavy atom. The van der Waals surface area contributed by atoms with Crippen LogP contribution in [0.15, 0.2) is 91.0 Å². The number of hydrogen-bond donors (Lipinski definition) is 2. The number of benzene rings is 3. The van der Waals surface area contributed by atoms with E-state index < -0.39 is 0 Å². The van der Waals surface area contributed by atoms with Crippen LogP contribution in [0.25, 0.3) is 0 Å². The molecule has 2 atom stereocenters. The maximum absolute atomic E-state index is 12.8. The predicted molar refractivity (Wildman–Crippen MR) is 123 cm³/mol. The first-order valence-electron chi connectivity index (χ1n) is 11.1. The molecule has 1 heterocycles. The summed E-state index contributed by atoms with van der Waals surface area (Å²) in [6.07, 6.45) is 0.491. The normalized spacial score (nSPS) is 18.6. The number of nitrogens with one attached hydrogen (secondary N) is 2. The van der Waals surface area contributed by atoms with Crippen LogP contribution in [0, 0.1) is 0 Å². The fraction of sp³-hybridized carbons (Fsp3) is 0.296. The Kier molecular flexibility index (Phi) is 7.48. The number of carbonyl (C=O) groups excluding carboxylic acids is 1. The molecule has 1 aliphatic heterocycles. The Morgan fingerprint density at radius 2 is 1.48 bits per heavy atom. The minimum atomic E-state index is 0.0508. The first-order chi connectivity index (χ1) is 15.3. The van der Waals surface area contributed by atoms with Crippen LogP contribution < -0.4 is 10.2 Å². The van der Waals surface area contributed by atoms with E-state index in [-0.39, 0.29) is 17.9 Å². The topological polar surface area (TPSA) is 42.8 Å². The van der Waals surface area contributed by atoms with Crippen molar-refractivity contribution in [3.8, 4) is 0 Å². The van der Waals surface area contributed by atoms with Crippen molar-refractivity contribution >= 4 is 5.91 Å². The summed E-state index contributed by atoms with van der Waals surface area (Å²) in [4.78, 5) is 14.3. The van der Waals surface area contributed by atoms with Gasteiger partial charge < -0.3 is 15.0 Å². The van der Waals surface area contributed by atoms with Gasteiger partial charge in [-0.1, -0.05) is 91.0 Å². The lowest BCUT2D eigenvalue weighted by Gasteiger charge is -2.30. The molecule has 0 spiro atoms. The van der Waals surface area contributed by atoms with Gasteiger partial charge in [-0.15, -0.1) is 0 Å². The lowest BCUT2D eigenvalue weighted by Crippen LogP contribution is -3.13. The molecule has 1 unspecified atom stereocenters. The van der Waals surface area contributed by atoms with E-state index in [9.17, 15) is 4.79 Å². The van der Waals surface area contributed by atoms with Crippen molar-refractivity contribution in [2.45, 2.75) is 25.0 Å². The molecule has 160 valence electrons. The zero-order valence-corrected chi connectivity index (χ0v) is 17.9. The lowest BCUT2D eigenvalue weighted by atomic mass is 9.88. The molecule has 3 aromatic rings. The van der Waals surface area contributed by atoms with Crippen molar-refractivity contribution < 1.29 is 14.4 Å². The van der Waals surface area contributed by atoms with Gasteiger partial charge in [-0.25, -0.2) is 0 Å². The summed E-state index contributed by atoms with van der Waals surface area (Å²) in [5.41, 5.74) is 3.67. The van der Waals surface area contributed by atoms with Crippen LogP contribution in [0.5, 0.6) is 0 Å². The number of ether oxygens (including phenoxy) is 1. The van der Waals surface area contributed by atoms with Crippen LogP contribution >= 0.6 is 0 Å². The summed E-state index contributed by atoms with van der Waals surface area (Å²) in [6.45, 7) is 4.21. The number of hydrogen-bond acceptors (Lipinski definition) is 2. The van der Waals surface area contributed by atoms with E-state index in [1.165, 1.54) is 10.5 Å². The van der Waals surface area contributed by atoms with Gasteiger partial charge >= 0.3 is 0 Å². The van der Waals surface area contributed by atoms with Crippen molar-refractivity contribution in [2.75, 3.05) is 26.2 Å². The molecule has 1 saturated heterocycles. The monoisotopic (exact) mass is 415 g/mol. The molecule has 0 aliphatic carbocycles. The van der Waals surface area contributed by atoms with Crippen molar-refractivity contribution in [3.05, 3.63) is 108 Å². The van der Waals surface area contributed by atoms with Crippen molar-refractivity contribution in [1.29, 1.82) is 0 Å². The second kappa shape index (κ2) is 10.9. The SMILES string of the molecule is O=C(CC(c1ccccc1)c1ccccc1)NC[C@H]1C[NH+](Cc2ccccc2)CCO1. The molecular weight excluding hydrogens is 384 g/mol. The predicted octanol–water partition coefficient (Wildman–Crippen LogP) is 2.81. The fourth-order valence-electron chi connectivity index (χ4n) is 4.31. The molecule has 0 aromatic heterocycles. The molecule has 31 heavy (non-hydrogen) atoms. The van der Waals surface area contributed by atoms with Crippen LogP contribution in [0.2, 0.25) is 0 Å². The first-order valence-corrected chi connectivity index (χ1v) is 11.1. The van der Waals surface area contributed by atoms with Gasteiger partial charge in [0.15, 0.2) is 0 Å². The van der Waals surface area contributed by atoms with E-state index in [4.69, 9.17) is 4.74 Å². The molecule has 2 N–H and O–H groups in total. The van der Waals surface area contributed by atoms with Gasteiger partial charge in [-0.2, -0.15) is 0 Å². The van der Waals surface area contributed by atoms with E-state index in [1.807, 2.05) is 36.4 Å². The number of morpholine rings is 1. The summed E-state index contributed by atoms with van der Waals surface area (Å²) in [6, 6.07) is 31.1. The van der Waals surface area contributed by atoms with E-state index in [0.717, 1.165) is 37.4 Å². The second-order valence-corrected chi connectivity index (χ2v) is 8.24. The quantitative estimate of drug-likeness (QED) is 0.594. The van der Waals surface area contributed by atoms with Gasteiger partial charge in [-0.3, -0.25) is 4.79 Å². The van der Waals surface area contributed by atoms with Gasteiger partial charge in [0, 0.05) is 24.4 Å². The van der Waals surface area contributed by atoms with Crippen LogP contribution in [0.4, 0.5) is 0 Å². The van der Waals surface area contributed by atoms with E-state index in [2.05, 4.69) is 59.9 Å². The van der Waals surface area contributed by atoms with E-state index >= 15 is 0 Å². The highest BCUT2D eigenvalue weighted by molar-refractivity contribution is 5.77. The van der Waals surface area contributed by atoms with Crippen LogP contribution in [0.3, 0.4) is 0 Å². The molecule has 4 nitrogen and oxygen atoms in total. The second-order valence-electron chi connectivity index (χ2n) is 8.24. The third-order valence-corrected chi connectivity index (χ3v) is 5.94. The molecule has 4 heteroatoms. The lowest BCUT2D eigenvalue weighted by molar-refractivity contribution is -0.925. The highest BCUT2D eigenvalue weighted by Gasteiger charge is 2.25. The molecular formula is C27H31N2O2+. The molecule has 0 radical (unpaired) electrons. The summed E-state index contributed by atoms with van der Waals surface area (Å²) in [7, 11) is 0. The molecule has 0 bridgehead atoms. The number of rotatable bonds is 8. The maximum Gasteiger partial charge on any atom is 0.221 e. The molecule has 4 rings (SSSR count). The van der Waals surface area contributed by atoms with Gasteiger partial charge in [-0.05, 0) is 11.1 Å². The first kappa shape index (κ1) is 21.3. The number of carbonyl (C=O) groups is 1. The minimum Gasteiger partial charge on any atom is -0.365 e. The summed E-state index contributed by atoms with van der Waals surface area (Å²) in [5, 5.41) is 3.13. The van der Waals surface area contributed by atoms with Gasteiger partial charge in [0.1, 0.15) is 25.7 Å². The number of quaternary nitrogens is 1. The Morgan fingerprint density at radius 1 is 0.903 bits per heavy atom. The van der Waals surface area contributed by atoms with Crippen molar-refractivity contribution in [1.82, 2.24) is 5.32 Å². The standard InChI is InChI=1S/C27H30N2O2/c30-27(18-26(23-12-6-2-7-13-23)24-14-8-3-9-15-24)28-19-25-21-29(16-17-31-25)20-22-10-4-1-5-11-22/h1-15,25-26H,16-21H2,(H,28,30)/p+1/t25-/m0/s1. The molecule has 0 saturated carbocycles. The Hall–Kier alpha value is -2.95. The smallest absolute Gasteiger partial charge is 0.221 e. The van der Waals surface area contributed by atoms with Crippen molar-refractivity contribution in [2.24, 2.45) is 0 Å². The zero-order chi connectivity index (χ0) is 21.3. The van der Waals surface area contributed by atoms with Gasteiger partial charge in [0.25, 0.3) is 0 Å². The van der Waals surface area contributed by atoms with E-state index in [1.54, 1.807) is 0 Å². The Balaban J connectivity index is 1.32. The average Bonchev–Trinajstić information content (AvgIpc) is 2.83. The van der Waals surface area contributed by atoms with Gasteiger partial charge in [0.2, 0.25) is 5.91 Å². The number of amides is 1. The van der Waals surface area contributed by atoms with Crippen molar-refractivity contribution in [3.63, 3.8) is 0 Å². The zero-order valence-electron chi connectivity index (χ0n) is 17.9. The molecule has 1 aliphatic rings.